The van der Waals surface area contributed by atoms with Crippen LogP contribution >= 0.6 is 22.7 Å². The van der Waals surface area contributed by atoms with Crippen LogP contribution in [0.4, 0.5) is 0 Å². The second-order valence-corrected chi connectivity index (χ2v) is 7.84. The van der Waals surface area contributed by atoms with E-state index in [2.05, 4.69) is 4.36 Å². The highest BCUT2D eigenvalue weighted by molar-refractivity contribution is 7.93. The Hall–Kier alpha value is -1.75. The van der Waals surface area contributed by atoms with E-state index in [-0.39, 0.29) is 5.57 Å². The number of carbonyl (C=O) groups excluding carboxylic acids is 1. The Labute approximate surface area is 125 Å². The van der Waals surface area contributed by atoms with Gasteiger partial charge in [0.25, 0.3) is 0 Å². The van der Waals surface area contributed by atoms with E-state index >= 15 is 0 Å². The van der Waals surface area contributed by atoms with Crippen molar-refractivity contribution in [1.29, 1.82) is 5.26 Å². The summed E-state index contributed by atoms with van der Waals surface area (Å²) in [5.74, 6) is -0.397. The van der Waals surface area contributed by atoms with Crippen molar-refractivity contribution in [3.05, 3.63) is 51.0 Å². The number of nitrogens with zero attached hydrogens (tertiary/aromatic N) is 2. The van der Waals surface area contributed by atoms with E-state index in [1.807, 2.05) is 6.07 Å². The Kier molecular flexibility index (Phi) is 4.49. The maximum atomic E-state index is 12.4. The van der Waals surface area contributed by atoms with Gasteiger partial charge in [-0.2, -0.15) is 16.6 Å². The third-order valence-electron chi connectivity index (χ3n) is 2.43. The normalized spacial score (nSPS) is 14.3. The third-order valence-corrected chi connectivity index (χ3v) is 5.76. The van der Waals surface area contributed by atoms with Gasteiger partial charge in [-0.1, -0.05) is 6.07 Å². The topological polar surface area (TPSA) is 70.3 Å². The average molecular weight is 322 g/mol. The van der Waals surface area contributed by atoms with E-state index in [1.54, 1.807) is 34.3 Å². The predicted octanol–water partition coefficient (Wildman–Crippen LogP) is 3.56. The summed E-state index contributed by atoms with van der Waals surface area (Å²) in [7, 11) is -2.62. The first-order valence-electron chi connectivity index (χ1n) is 5.46. The molecule has 0 aliphatic rings. The van der Waals surface area contributed by atoms with Gasteiger partial charge < -0.3 is 0 Å². The second kappa shape index (κ2) is 6.13. The summed E-state index contributed by atoms with van der Waals surface area (Å²) in [6, 6.07) is 6.90. The van der Waals surface area contributed by atoms with Crippen molar-refractivity contribution in [2.24, 2.45) is 4.36 Å². The lowest BCUT2D eigenvalue weighted by molar-refractivity contribution is 0.104. The standard InChI is InChI=1S/C13H10N2O2S3/c1-20(17,11-4-6-18-9-11)15-8-10(7-14)13(16)12-3-2-5-19-12/h2-6,8-9H,1H3/b10-8+. The smallest absolute Gasteiger partial charge is 0.215 e. The molecule has 102 valence electrons. The minimum absolute atomic E-state index is 0.114. The van der Waals surface area contributed by atoms with E-state index in [9.17, 15) is 9.00 Å². The molecule has 1 unspecified atom stereocenters. The fourth-order valence-corrected chi connectivity index (χ4v) is 4.27. The molecule has 0 aromatic carbocycles. The Morgan fingerprint density at radius 3 is 2.80 bits per heavy atom. The van der Waals surface area contributed by atoms with Crippen molar-refractivity contribution in [2.45, 2.75) is 4.90 Å². The number of hydrogen-bond donors (Lipinski definition) is 0. The quantitative estimate of drug-likeness (QED) is 0.491. The van der Waals surface area contributed by atoms with Crippen LogP contribution in [0.15, 0.2) is 55.4 Å². The molecule has 2 aromatic rings. The molecule has 0 aliphatic carbocycles. The van der Waals surface area contributed by atoms with Crippen LogP contribution < -0.4 is 0 Å². The van der Waals surface area contributed by atoms with Crippen LogP contribution in [0.2, 0.25) is 0 Å². The van der Waals surface area contributed by atoms with Crippen LogP contribution in [0.25, 0.3) is 0 Å². The zero-order chi connectivity index (χ0) is 14.6. The summed E-state index contributed by atoms with van der Waals surface area (Å²) in [6.07, 6.45) is 2.60. The van der Waals surface area contributed by atoms with Gasteiger partial charge in [-0.15, -0.1) is 11.3 Å². The summed E-state index contributed by atoms with van der Waals surface area (Å²) in [5.41, 5.74) is -0.114. The summed E-state index contributed by atoms with van der Waals surface area (Å²) < 4.78 is 16.3. The van der Waals surface area contributed by atoms with E-state index in [0.717, 1.165) is 6.20 Å². The van der Waals surface area contributed by atoms with Crippen molar-refractivity contribution < 1.29 is 9.00 Å². The zero-order valence-electron chi connectivity index (χ0n) is 10.5. The Morgan fingerprint density at radius 2 is 2.25 bits per heavy atom. The molecule has 0 radical (unpaired) electrons. The van der Waals surface area contributed by atoms with Gasteiger partial charge in [0.2, 0.25) is 5.78 Å². The predicted molar refractivity (Wildman–Crippen MR) is 81.4 cm³/mol. The molecule has 2 rings (SSSR count). The molecule has 0 saturated heterocycles. The molecular formula is C13H10N2O2S3. The fraction of sp³-hybridized carbons (Fsp3) is 0.0769. The number of rotatable bonds is 4. The molecule has 2 heterocycles. The maximum Gasteiger partial charge on any atom is 0.215 e. The van der Waals surface area contributed by atoms with E-state index in [1.165, 1.54) is 28.9 Å². The molecule has 0 fully saturated rings. The monoisotopic (exact) mass is 322 g/mol. The van der Waals surface area contributed by atoms with Crippen molar-refractivity contribution >= 4 is 38.2 Å². The number of ketones is 1. The molecule has 0 spiro atoms. The number of hydrogen-bond acceptors (Lipinski definition) is 6. The van der Waals surface area contributed by atoms with Gasteiger partial charge in [0.1, 0.15) is 11.6 Å². The van der Waals surface area contributed by atoms with Gasteiger partial charge in [-0.25, -0.2) is 8.57 Å². The molecule has 1 atom stereocenters. The number of carbonyl (C=O) groups is 1. The Morgan fingerprint density at radius 1 is 1.45 bits per heavy atom. The Balaban J connectivity index is 2.36. The molecule has 0 amide bonds. The molecule has 0 saturated carbocycles. The van der Waals surface area contributed by atoms with Crippen LogP contribution in [0.5, 0.6) is 0 Å². The van der Waals surface area contributed by atoms with Crippen LogP contribution in [-0.2, 0) is 9.73 Å². The number of thiophene rings is 2. The lowest BCUT2D eigenvalue weighted by Gasteiger charge is -1.98. The van der Waals surface area contributed by atoms with Crippen LogP contribution in [0.1, 0.15) is 9.67 Å². The second-order valence-electron chi connectivity index (χ2n) is 3.83. The van der Waals surface area contributed by atoms with Gasteiger partial charge in [0.05, 0.1) is 25.7 Å². The fourth-order valence-electron chi connectivity index (χ4n) is 1.36. The van der Waals surface area contributed by atoms with Gasteiger partial charge in [-0.3, -0.25) is 4.79 Å². The lowest BCUT2D eigenvalue weighted by Crippen LogP contribution is -2.00. The highest BCUT2D eigenvalue weighted by Gasteiger charge is 2.13. The van der Waals surface area contributed by atoms with Crippen molar-refractivity contribution in [3.63, 3.8) is 0 Å². The van der Waals surface area contributed by atoms with Crippen LogP contribution in [0, 0.1) is 11.3 Å². The number of nitriles is 1. The minimum Gasteiger partial charge on any atom is -0.287 e. The largest absolute Gasteiger partial charge is 0.287 e. The van der Waals surface area contributed by atoms with Gasteiger partial charge >= 0.3 is 0 Å². The van der Waals surface area contributed by atoms with E-state index in [0.29, 0.717) is 9.77 Å². The SMILES string of the molecule is CS(=O)(=N/C=C(\C#N)C(=O)c1cccs1)c1ccsc1. The molecule has 4 nitrogen and oxygen atoms in total. The highest BCUT2D eigenvalue weighted by atomic mass is 32.2. The molecule has 0 N–H and O–H groups in total. The maximum absolute atomic E-state index is 12.4. The van der Waals surface area contributed by atoms with Gasteiger partial charge in [0, 0.05) is 11.6 Å². The lowest BCUT2D eigenvalue weighted by atomic mass is 10.2. The van der Waals surface area contributed by atoms with Crippen molar-refractivity contribution in [3.8, 4) is 6.07 Å². The number of Topliss-reactive ketones (excluding diaryl/α,β-unsaturated/α-hetero) is 1. The molecule has 2 aromatic heterocycles. The molecule has 0 bridgehead atoms. The summed E-state index contributed by atoms with van der Waals surface area (Å²) in [4.78, 5) is 13.1. The van der Waals surface area contributed by atoms with E-state index < -0.39 is 15.5 Å². The minimum atomic E-state index is -2.62. The first-order valence-corrected chi connectivity index (χ1v) is 9.21. The zero-order valence-corrected chi connectivity index (χ0v) is 12.9. The summed E-state index contributed by atoms with van der Waals surface area (Å²) in [6.45, 7) is 0. The molecule has 0 aliphatic heterocycles. The third kappa shape index (κ3) is 3.22. The highest BCUT2D eigenvalue weighted by Crippen LogP contribution is 2.17. The first-order chi connectivity index (χ1) is 9.54. The van der Waals surface area contributed by atoms with Gasteiger partial charge in [0.15, 0.2) is 0 Å². The van der Waals surface area contributed by atoms with Crippen molar-refractivity contribution in [2.75, 3.05) is 6.26 Å². The van der Waals surface area contributed by atoms with Crippen molar-refractivity contribution in [1.82, 2.24) is 0 Å². The number of allylic oxidation sites excluding steroid dienone is 1. The molecular weight excluding hydrogens is 312 g/mol. The van der Waals surface area contributed by atoms with Crippen LogP contribution in [0.3, 0.4) is 0 Å². The average Bonchev–Trinajstić information content (AvgIpc) is 3.12. The molecule has 20 heavy (non-hydrogen) atoms. The first kappa shape index (κ1) is 14.7. The molecule has 7 heteroatoms. The Bertz CT molecular complexity index is 787. The van der Waals surface area contributed by atoms with Gasteiger partial charge in [-0.05, 0) is 22.9 Å². The summed E-state index contributed by atoms with van der Waals surface area (Å²) >= 11 is 2.67. The van der Waals surface area contributed by atoms with Crippen LogP contribution in [-0.4, -0.2) is 16.2 Å². The van der Waals surface area contributed by atoms with E-state index in [4.69, 9.17) is 5.26 Å². The summed E-state index contributed by atoms with van der Waals surface area (Å²) in [5, 5.41) is 14.3.